The molecule has 2 heterocycles. The summed E-state index contributed by atoms with van der Waals surface area (Å²) in [6.07, 6.45) is 1.57. The van der Waals surface area contributed by atoms with Crippen molar-refractivity contribution >= 4 is 44.7 Å². The average molecular weight is 423 g/mol. The molecule has 0 unspecified atom stereocenters. The van der Waals surface area contributed by atoms with Gasteiger partial charge in [0.15, 0.2) is 0 Å². The fraction of sp³-hybridized carbons (Fsp3) is 0.222. The van der Waals surface area contributed by atoms with Crippen LogP contribution in [0.4, 0.5) is 5.69 Å². The van der Waals surface area contributed by atoms with Gasteiger partial charge in [-0.1, -0.05) is 17.7 Å². The number of carbonyl (C=O) groups is 1. The van der Waals surface area contributed by atoms with Crippen molar-refractivity contribution in [1.29, 1.82) is 0 Å². The summed E-state index contributed by atoms with van der Waals surface area (Å²) in [4.78, 5) is 10.7. The molecule has 1 aliphatic heterocycles. The molecule has 3 aromatic rings. The molecule has 0 radical (unpaired) electrons. The average Bonchev–Trinajstić information content (AvgIpc) is 3.13. The first-order chi connectivity index (χ1) is 13.5. The Morgan fingerprint density at radius 1 is 1.14 bits per heavy atom. The first-order valence-electron chi connectivity index (χ1n) is 8.50. The van der Waals surface area contributed by atoms with E-state index < -0.39 is 10.0 Å². The fourth-order valence-corrected chi connectivity index (χ4v) is 4.59. The molecule has 10 heteroatoms. The van der Waals surface area contributed by atoms with Gasteiger partial charge in [0.1, 0.15) is 0 Å². The van der Waals surface area contributed by atoms with Gasteiger partial charge in [-0.25, -0.2) is 0 Å². The van der Waals surface area contributed by atoms with Crippen LogP contribution in [0, 0.1) is 0 Å². The van der Waals surface area contributed by atoms with Crippen LogP contribution in [0.1, 0.15) is 0 Å². The molecule has 148 valence electrons. The molecule has 0 amide bonds. The summed E-state index contributed by atoms with van der Waals surface area (Å²) in [6, 6.07) is 12.0. The topological polar surface area (TPSA) is 105 Å². The van der Waals surface area contributed by atoms with E-state index in [-0.39, 0.29) is 11.4 Å². The molecule has 0 saturated carbocycles. The second-order valence-electron chi connectivity index (χ2n) is 6.04. The number of rotatable bonds is 3. The van der Waals surface area contributed by atoms with Crippen molar-refractivity contribution in [3.05, 3.63) is 53.7 Å². The van der Waals surface area contributed by atoms with Gasteiger partial charge in [0, 0.05) is 42.3 Å². The van der Waals surface area contributed by atoms with Crippen LogP contribution in [0.2, 0.25) is 5.02 Å². The molecular weight excluding hydrogens is 404 g/mol. The summed E-state index contributed by atoms with van der Waals surface area (Å²) in [6.45, 7) is 3.36. The number of halogens is 1. The zero-order valence-corrected chi connectivity index (χ0v) is 16.4. The minimum Gasteiger partial charge on any atom is -0.483 e. The van der Waals surface area contributed by atoms with Crippen molar-refractivity contribution in [3.8, 4) is 0 Å². The minimum absolute atomic E-state index is 0.123. The molecular formula is C18H19ClN4O4S. The molecule has 4 rings (SSSR count). The molecule has 28 heavy (non-hydrogen) atoms. The Morgan fingerprint density at radius 2 is 1.86 bits per heavy atom. The highest BCUT2D eigenvalue weighted by atomic mass is 35.5. The van der Waals surface area contributed by atoms with Gasteiger partial charge in [-0.05, 0) is 36.4 Å². The lowest BCUT2D eigenvalue weighted by Crippen LogP contribution is -2.43. The van der Waals surface area contributed by atoms with Gasteiger partial charge in [-0.15, -0.1) is 0 Å². The third-order valence-electron chi connectivity index (χ3n) is 4.33. The molecule has 2 aromatic carbocycles. The standard InChI is InChI=1S/C17H17ClN4O2S.CH2O2/c18-14-2-1-3-16(10-14)25(23,24)22-17-11-15(5-4-13(17)12-20-22)21-8-6-19-7-9-21;2-1-3/h1-5,10-12,19H,6-9H2;1H,(H,2,3). The van der Waals surface area contributed by atoms with E-state index in [1.807, 2.05) is 18.2 Å². The van der Waals surface area contributed by atoms with E-state index in [0.29, 0.717) is 10.5 Å². The van der Waals surface area contributed by atoms with E-state index in [4.69, 9.17) is 21.5 Å². The Bertz CT molecular complexity index is 1080. The van der Waals surface area contributed by atoms with Gasteiger partial charge in [0.2, 0.25) is 0 Å². The molecule has 0 spiro atoms. The molecule has 1 fully saturated rings. The van der Waals surface area contributed by atoms with Crippen molar-refractivity contribution in [1.82, 2.24) is 14.5 Å². The van der Waals surface area contributed by atoms with Crippen LogP contribution >= 0.6 is 11.6 Å². The number of hydrogen-bond acceptors (Lipinski definition) is 6. The first kappa shape index (κ1) is 20.1. The summed E-state index contributed by atoms with van der Waals surface area (Å²) in [7, 11) is -3.80. The van der Waals surface area contributed by atoms with Crippen LogP contribution in [0.25, 0.3) is 10.9 Å². The number of piperazine rings is 1. The normalized spacial score (nSPS) is 14.4. The lowest BCUT2D eigenvalue weighted by atomic mass is 10.2. The second kappa shape index (κ2) is 8.59. The maximum atomic E-state index is 13.0. The third kappa shape index (κ3) is 4.11. The van der Waals surface area contributed by atoms with Crippen LogP contribution in [0.15, 0.2) is 53.6 Å². The number of aromatic nitrogens is 2. The van der Waals surface area contributed by atoms with E-state index in [2.05, 4.69) is 15.3 Å². The number of nitrogens with one attached hydrogen (secondary N) is 1. The van der Waals surface area contributed by atoms with Crippen molar-refractivity contribution < 1.29 is 18.3 Å². The number of nitrogens with zero attached hydrogens (tertiary/aromatic N) is 3. The largest absolute Gasteiger partial charge is 0.483 e. The van der Waals surface area contributed by atoms with Gasteiger partial charge >= 0.3 is 0 Å². The third-order valence-corrected chi connectivity index (χ3v) is 6.16. The minimum atomic E-state index is -3.80. The predicted molar refractivity (Wildman–Crippen MR) is 108 cm³/mol. The number of hydrogen-bond donors (Lipinski definition) is 2. The summed E-state index contributed by atoms with van der Waals surface area (Å²) < 4.78 is 27.0. The maximum Gasteiger partial charge on any atom is 0.290 e. The van der Waals surface area contributed by atoms with E-state index in [1.165, 1.54) is 12.1 Å². The van der Waals surface area contributed by atoms with Crippen molar-refractivity contribution in [2.45, 2.75) is 4.90 Å². The van der Waals surface area contributed by atoms with Gasteiger partial charge in [0.25, 0.3) is 16.5 Å². The molecule has 1 aromatic heterocycles. The monoisotopic (exact) mass is 422 g/mol. The van der Waals surface area contributed by atoms with Gasteiger partial charge in [-0.2, -0.15) is 17.6 Å². The van der Waals surface area contributed by atoms with Gasteiger partial charge in [-0.3, -0.25) is 4.79 Å². The summed E-state index contributed by atoms with van der Waals surface area (Å²) in [5, 5.41) is 15.5. The molecule has 1 aliphatic rings. The lowest BCUT2D eigenvalue weighted by Gasteiger charge is -2.29. The molecule has 1 saturated heterocycles. The summed E-state index contributed by atoms with van der Waals surface area (Å²) >= 11 is 5.95. The first-order valence-corrected chi connectivity index (χ1v) is 10.3. The van der Waals surface area contributed by atoms with E-state index >= 15 is 0 Å². The molecule has 0 bridgehead atoms. The number of anilines is 1. The zero-order valence-electron chi connectivity index (χ0n) is 14.8. The highest BCUT2D eigenvalue weighted by Gasteiger charge is 2.21. The van der Waals surface area contributed by atoms with Crippen LogP contribution < -0.4 is 10.2 Å². The highest BCUT2D eigenvalue weighted by Crippen LogP contribution is 2.26. The Hall–Kier alpha value is -2.62. The predicted octanol–water partition coefficient (Wildman–Crippen LogP) is 2.04. The quantitative estimate of drug-likeness (QED) is 0.622. The molecule has 8 nitrogen and oxygen atoms in total. The molecule has 0 aliphatic carbocycles. The number of benzene rings is 2. The number of carboxylic acid groups (broad SMARTS) is 1. The Balaban J connectivity index is 0.000000706. The smallest absolute Gasteiger partial charge is 0.290 e. The molecule has 2 N–H and O–H groups in total. The van der Waals surface area contributed by atoms with E-state index in [0.717, 1.165) is 41.3 Å². The summed E-state index contributed by atoms with van der Waals surface area (Å²) in [5.41, 5.74) is 1.56. The van der Waals surface area contributed by atoms with Crippen LogP contribution in [0.3, 0.4) is 0 Å². The Kier molecular flexibility index (Phi) is 6.18. The van der Waals surface area contributed by atoms with Crippen LogP contribution in [-0.2, 0) is 14.8 Å². The van der Waals surface area contributed by atoms with Crippen LogP contribution in [0.5, 0.6) is 0 Å². The zero-order chi connectivity index (χ0) is 20.1. The van der Waals surface area contributed by atoms with Gasteiger partial charge in [0.05, 0.1) is 16.6 Å². The van der Waals surface area contributed by atoms with Crippen molar-refractivity contribution in [2.24, 2.45) is 0 Å². The van der Waals surface area contributed by atoms with E-state index in [1.54, 1.807) is 18.3 Å². The van der Waals surface area contributed by atoms with Crippen molar-refractivity contribution in [2.75, 3.05) is 31.1 Å². The Morgan fingerprint density at radius 3 is 2.54 bits per heavy atom. The van der Waals surface area contributed by atoms with Crippen LogP contribution in [-0.4, -0.2) is 55.4 Å². The highest BCUT2D eigenvalue weighted by molar-refractivity contribution is 7.90. The maximum absolute atomic E-state index is 13.0. The SMILES string of the molecule is O=CO.O=S(=O)(c1cccc(Cl)c1)n1ncc2ccc(N3CCNCC3)cc21. The number of fused-ring (bicyclic) bond motifs is 1. The second-order valence-corrected chi connectivity index (χ2v) is 8.24. The van der Waals surface area contributed by atoms with Crippen molar-refractivity contribution in [3.63, 3.8) is 0 Å². The van der Waals surface area contributed by atoms with E-state index in [9.17, 15) is 8.42 Å². The Labute approximate surface area is 167 Å². The van der Waals surface area contributed by atoms with Gasteiger partial charge < -0.3 is 15.3 Å². The summed E-state index contributed by atoms with van der Waals surface area (Å²) in [5.74, 6) is 0. The lowest BCUT2D eigenvalue weighted by molar-refractivity contribution is -0.122. The molecule has 0 atom stereocenters. The fourth-order valence-electron chi connectivity index (χ4n) is 3.02.